The van der Waals surface area contributed by atoms with Crippen molar-refractivity contribution >= 4 is 17.3 Å². The van der Waals surface area contributed by atoms with E-state index in [4.69, 9.17) is 0 Å². The number of nitrogens with zero attached hydrogens (tertiary/aromatic N) is 1. The Bertz CT molecular complexity index is 445. The number of thiophene rings is 1. The first kappa shape index (κ1) is 13.6. The highest BCUT2D eigenvalue weighted by Crippen LogP contribution is 2.32. The summed E-state index contributed by atoms with van der Waals surface area (Å²) in [4.78, 5) is 16.3. The van der Waals surface area contributed by atoms with Crippen molar-refractivity contribution in [2.75, 3.05) is 13.1 Å². The smallest absolute Gasteiger partial charge is 0.309 e. The molecule has 0 spiro atoms. The van der Waals surface area contributed by atoms with E-state index >= 15 is 0 Å². The van der Waals surface area contributed by atoms with Gasteiger partial charge in [-0.3, -0.25) is 9.69 Å². The van der Waals surface area contributed by atoms with E-state index in [2.05, 4.69) is 24.8 Å². The lowest BCUT2D eigenvalue weighted by Crippen LogP contribution is -2.42. The number of carboxylic acid groups (broad SMARTS) is 1. The predicted octanol–water partition coefficient (Wildman–Crippen LogP) is 3.05. The van der Waals surface area contributed by atoms with Gasteiger partial charge in [-0.05, 0) is 58.3 Å². The molecule has 0 radical (unpaired) electrons. The van der Waals surface area contributed by atoms with Gasteiger partial charge in [0.1, 0.15) is 0 Å². The number of carboxylic acids is 1. The molecule has 1 N–H and O–H groups in total. The van der Waals surface area contributed by atoms with Gasteiger partial charge < -0.3 is 5.11 Å². The zero-order valence-electron chi connectivity index (χ0n) is 11.3. The quantitative estimate of drug-likeness (QED) is 0.915. The van der Waals surface area contributed by atoms with Gasteiger partial charge in [-0.15, -0.1) is 11.3 Å². The third-order valence-electron chi connectivity index (χ3n) is 4.01. The van der Waals surface area contributed by atoms with Gasteiger partial charge in [0.15, 0.2) is 0 Å². The molecule has 1 aromatic rings. The Kier molecular flexibility index (Phi) is 3.78. The van der Waals surface area contributed by atoms with Crippen LogP contribution in [0.1, 0.15) is 35.1 Å². The Balaban J connectivity index is 1.95. The molecule has 1 aromatic heterocycles. The highest BCUT2D eigenvalue weighted by atomic mass is 32.1. The van der Waals surface area contributed by atoms with E-state index in [-0.39, 0.29) is 0 Å². The Morgan fingerprint density at radius 3 is 2.50 bits per heavy atom. The summed E-state index contributed by atoms with van der Waals surface area (Å²) in [6.45, 7) is 8.91. The van der Waals surface area contributed by atoms with Crippen LogP contribution in [0.2, 0.25) is 0 Å². The largest absolute Gasteiger partial charge is 0.481 e. The molecule has 100 valence electrons. The predicted molar refractivity (Wildman–Crippen MR) is 74.0 cm³/mol. The van der Waals surface area contributed by atoms with Gasteiger partial charge in [0.25, 0.3) is 0 Å². The Morgan fingerprint density at radius 1 is 1.44 bits per heavy atom. The van der Waals surface area contributed by atoms with Crippen LogP contribution in [-0.4, -0.2) is 29.1 Å². The highest BCUT2D eigenvalue weighted by Gasteiger charge is 2.36. The first-order valence-electron chi connectivity index (χ1n) is 6.42. The molecule has 2 rings (SSSR count). The van der Waals surface area contributed by atoms with Crippen molar-refractivity contribution < 1.29 is 9.90 Å². The molecule has 18 heavy (non-hydrogen) atoms. The van der Waals surface area contributed by atoms with E-state index in [1.54, 1.807) is 0 Å². The van der Waals surface area contributed by atoms with Crippen LogP contribution in [0.4, 0.5) is 0 Å². The van der Waals surface area contributed by atoms with Crippen LogP contribution in [0.15, 0.2) is 6.07 Å². The van der Waals surface area contributed by atoms with E-state index in [1.807, 2.05) is 18.3 Å². The molecule has 0 aromatic carbocycles. The summed E-state index contributed by atoms with van der Waals surface area (Å²) >= 11 is 1.84. The molecule has 4 heteroatoms. The molecule has 0 unspecified atom stereocenters. The first-order chi connectivity index (χ1) is 8.40. The molecule has 0 aliphatic carbocycles. The Hall–Kier alpha value is -0.870. The van der Waals surface area contributed by atoms with Gasteiger partial charge in [-0.2, -0.15) is 0 Å². The van der Waals surface area contributed by atoms with Crippen molar-refractivity contribution in [3.63, 3.8) is 0 Å². The summed E-state index contributed by atoms with van der Waals surface area (Å²) in [7, 11) is 0. The standard InChI is InChI=1S/C14H21NO2S/c1-10-8-12(11(2)18-10)9-15-6-4-14(3,5-7-15)13(16)17/h8H,4-7,9H2,1-3H3,(H,16,17). The van der Waals surface area contributed by atoms with E-state index in [0.29, 0.717) is 0 Å². The lowest BCUT2D eigenvalue weighted by atomic mass is 9.80. The van der Waals surface area contributed by atoms with Crippen molar-refractivity contribution in [1.82, 2.24) is 4.90 Å². The number of aryl methyl sites for hydroxylation is 2. The van der Waals surface area contributed by atoms with Crippen molar-refractivity contribution in [3.05, 3.63) is 21.4 Å². The molecule has 1 saturated heterocycles. The Labute approximate surface area is 112 Å². The van der Waals surface area contributed by atoms with Crippen molar-refractivity contribution in [3.8, 4) is 0 Å². The summed E-state index contributed by atoms with van der Waals surface area (Å²) in [5.74, 6) is -0.648. The summed E-state index contributed by atoms with van der Waals surface area (Å²) in [5, 5.41) is 9.20. The normalized spacial score (nSPS) is 19.9. The maximum absolute atomic E-state index is 11.2. The SMILES string of the molecule is Cc1cc(CN2CCC(C)(C(=O)O)CC2)c(C)s1. The van der Waals surface area contributed by atoms with Gasteiger partial charge in [0.05, 0.1) is 5.41 Å². The summed E-state index contributed by atoms with van der Waals surface area (Å²) in [5.41, 5.74) is 0.882. The number of aliphatic carboxylic acids is 1. The molecule has 1 fully saturated rings. The molecule has 0 saturated carbocycles. The lowest BCUT2D eigenvalue weighted by Gasteiger charge is -2.36. The molecule has 2 heterocycles. The van der Waals surface area contributed by atoms with E-state index < -0.39 is 11.4 Å². The van der Waals surface area contributed by atoms with Crippen LogP contribution in [0, 0.1) is 19.3 Å². The van der Waals surface area contributed by atoms with Gasteiger partial charge in [0.2, 0.25) is 0 Å². The van der Waals surface area contributed by atoms with Crippen LogP contribution in [0.3, 0.4) is 0 Å². The second kappa shape index (κ2) is 5.02. The number of carbonyl (C=O) groups is 1. The topological polar surface area (TPSA) is 40.5 Å². The molecular formula is C14H21NO2S. The highest BCUT2D eigenvalue weighted by molar-refractivity contribution is 7.12. The molecule has 0 amide bonds. The minimum Gasteiger partial charge on any atom is -0.481 e. The average Bonchev–Trinajstić information content (AvgIpc) is 2.61. The van der Waals surface area contributed by atoms with Gasteiger partial charge >= 0.3 is 5.97 Å². The molecule has 3 nitrogen and oxygen atoms in total. The van der Waals surface area contributed by atoms with E-state index in [9.17, 15) is 9.90 Å². The van der Waals surface area contributed by atoms with Crippen LogP contribution in [0.5, 0.6) is 0 Å². The average molecular weight is 267 g/mol. The lowest BCUT2D eigenvalue weighted by molar-refractivity contribution is -0.150. The Morgan fingerprint density at radius 2 is 2.06 bits per heavy atom. The minimum absolute atomic E-state index is 0.518. The van der Waals surface area contributed by atoms with Crippen molar-refractivity contribution in [2.45, 2.75) is 40.2 Å². The van der Waals surface area contributed by atoms with Gasteiger partial charge in [0, 0.05) is 16.3 Å². The maximum Gasteiger partial charge on any atom is 0.309 e. The second-order valence-corrected chi connectivity index (χ2v) is 7.04. The summed E-state index contributed by atoms with van der Waals surface area (Å²) in [6, 6.07) is 2.25. The van der Waals surface area contributed by atoms with Gasteiger partial charge in [-0.1, -0.05) is 0 Å². The monoisotopic (exact) mass is 267 g/mol. The zero-order valence-corrected chi connectivity index (χ0v) is 12.1. The maximum atomic E-state index is 11.2. The molecule has 0 bridgehead atoms. The van der Waals surface area contributed by atoms with Crippen LogP contribution >= 0.6 is 11.3 Å². The van der Waals surface area contributed by atoms with E-state index in [0.717, 1.165) is 32.5 Å². The summed E-state index contributed by atoms with van der Waals surface area (Å²) in [6.07, 6.45) is 1.51. The number of hydrogen-bond donors (Lipinski definition) is 1. The molecular weight excluding hydrogens is 246 g/mol. The molecule has 1 aliphatic rings. The van der Waals surface area contributed by atoms with Crippen LogP contribution < -0.4 is 0 Å². The fraction of sp³-hybridized carbons (Fsp3) is 0.643. The number of hydrogen-bond acceptors (Lipinski definition) is 3. The second-order valence-electron chi connectivity index (χ2n) is 5.58. The fourth-order valence-electron chi connectivity index (χ4n) is 2.50. The summed E-state index contributed by atoms with van der Waals surface area (Å²) < 4.78 is 0. The molecule has 0 atom stereocenters. The number of rotatable bonds is 3. The van der Waals surface area contributed by atoms with Crippen molar-refractivity contribution in [1.29, 1.82) is 0 Å². The minimum atomic E-state index is -0.648. The van der Waals surface area contributed by atoms with Crippen LogP contribution in [-0.2, 0) is 11.3 Å². The first-order valence-corrected chi connectivity index (χ1v) is 7.24. The van der Waals surface area contributed by atoms with E-state index in [1.165, 1.54) is 15.3 Å². The van der Waals surface area contributed by atoms with Crippen LogP contribution in [0.25, 0.3) is 0 Å². The fourth-order valence-corrected chi connectivity index (χ4v) is 3.44. The zero-order chi connectivity index (χ0) is 13.3. The number of likely N-dealkylation sites (tertiary alicyclic amines) is 1. The third-order valence-corrected chi connectivity index (χ3v) is 5.02. The molecule has 1 aliphatic heterocycles. The number of piperidine rings is 1. The van der Waals surface area contributed by atoms with Gasteiger partial charge in [-0.25, -0.2) is 0 Å². The third kappa shape index (κ3) is 2.75. The van der Waals surface area contributed by atoms with Crippen molar-refractivity contribution in [2.24, 2.45) is 5.41 Å².